The fourth-order valence-corrected chi connectivity index (χ4v) is 4.31. The summed E-state index contributed by atoms with van der Waals surface area (Å²) in [5, 5.41) is 6.16. The Labute approximate surface area is 163 Å². The molecule has 0 radical (unpaired) electrons. The summed E-state index contributed by atoms with van der Waals surface area (Å²) in [5.74, 6) is -0.249. The van der Waals surface area contributed by atoms with Gasteiger partial charge in [-0.3, -0.25) is 4.79 Å². The Kier molecular flexibility index (Phi) is 6.01. The van der Waals surface area contributed by atoms with E-state index in [1.165, 1.54) is 25.3 Å². The molecule has 2 aromatic carbocycles. The van der Waals surface area contributed by atoms with Crippen LogP contribution in [0.5, 0.6) is 5.75 Å². The largest absolute Gasteiger partial charge is 0.496 e. The molecule has 2 aromatic rings. The van der Waals surface area contributed by atoms with Gasteiger partial charge in [0.15, 0.2) is 0 Å². The lowest BCUT2D eigenvalue weighted by Crippen LogP contribution is -2.36. The molecule has 0 saturated carbocycles. The number of ether oxygens (including phenoxy) is 1. The van der Waals surface area contributed by atoms with Gasteiger partial charge in [0, 0.05) is 12.6 Å². The van der Waals surface area contributed by atoms with Gasteiger partial charge in [0.2, 0.25) is 10.0 Å². The summed E-state index contributed by atoms with van der Waals surface area (Å²) in [6.45, 7) is 1.34. The van der Waals surface area contributed by atoms with Gasteiger partial charge in [0.05, 0.1) is 28.3 Å². The van der Waals surface area contributed by atoms with Crippen molar-refractivity contribution in [1.82, 2.24) is 10.0 Å². The van der Waals surface area contributed by atoms with E-state index in [0.717, 1.165) is 13.0 Å². The van der Waals surface area contributed by atoms with Crippen molar-refractivity contribution in [2.24, 2.45) is 0 Å². The SMILES string of the molecule is COc1ccc(S(=O)(=O)NC2CCNC2)cc1C(=O)Nc1ccccc1Cl. The van der Waals surface area contributed by atoms with Crippen molar-refractivity contribution in [3.05, 3.63) is 53.1 Å². The van der Waals surface area contributed by atoms with Gasteiger partial charge in [-0.25, -0.2) is 13.1 Å². The number of para-hydroxylation sites is 1. The average molecular weight is 410 g/mol. The van der Waals surface area contributed by atoms with Gasteiger partial charge < -0.3 is 15.4 Å². The van der Waals surface area contributed by atoms with E-state index in [2.05, 4.69) is 15.4 Å². The third-order valence-corrected chi connectivity index (χ3v) is 6.08. The summed E-state index contributed by atoms with van der Waals surface area (Å²) in [7, 11) is -2.34. The van der Waals surface area contributed by atoms with Gasteiger partial charge in [-0.2, -0.15) is 0 Å². The Morgan fingerprint density at radius 3 is 2.70 bits per heavy atom. The molecule has 1 saturated heterocycles. The number of amides is 1. The number of rotatable bonds is 6. The van der Waals surface area contributed by atoms with E-state index in [0.29, 0.717) is 17.3 Å². The lowest BCUT2D eigenvalue weighted by Gasteiger charge is -2.15. The van der Waals surface area contributed by atoms with Gasteiger partial charge >= 0.3 is 0 Å². The van der Waals surface area contributed by atoms with Crippen LogP contribution in [0.3, 0.4) is 0 Å². The smallest absolute Gasteiger partial charge is 0.259 e. The number of carbonyl (C=O) groups is 1. The molecule has 3 N–H and O–H groups in total. The minimum Gasteiger partial charge on any atom is -0.496 e. The molecule has 7 nitrogen and oxygen atoms in total. The fourth-order valence-electron chi connectivity index (χ4n) is 2.83. The maximum absolute atomic E-state index is 12.7. The van der Waals surface area contributed by atoms with Gasteiger partial charge in [-0.15, -0.1) is 0 Å². The second kappa shape index (κ2) is 8.26. The quantitative estimate of drug-likeness (QED) is 0.680. The molecule has 27 heavy (non-hydrogen) atoms. The van der Waals surface area contributed by atoms with Crippen LogP contribution in [0.1, 0.15) is 16.8 Å². The van der Waals surface area contributed by atoms with Crippen LogP contribution < -0.4 is 20.1 Å². The third kappa shape index (κ3) is 4.59. The maximum atomic E-state index is 12.7. The number of anilines is 1. The highest BCUT2D eigenvalue weighted by Gasteiger charge is 2.25. The highest BCUT2D eigenvalue weighted by molar-refractivity contribution is 7.89. The van der Waals surface area contributed by atoms with Crippen LogP contribution in [0.15, 0.2) is 47.4 Å². The van der Waals surface area contributed by atoms with Crippen molar-refractivity contribution in [2.75, 3.05) is 25.5 Å². The molecule has 1 fully saturated rings. The number of nitrogens with one attached hydrogen (secondary N) is 3. The van der Waals surface area contributed by atoms with Crippen LogP contribution in [-0.4, -0.2) is 40.6 Å². The highest BCUT2D eigenvalue weighted by atomic mass is 35.5. The molecule has 1 aliphatic heterocycles. The first-order chi connectivity index (χ1) is 12.9. The molecule has 9 heteroatoms. The summed E-state index contributed by atoms with van der Waals surface area (Å²) in [5.41, 5.74) is 0.527. The van der Waals surface area contributed by atoms with Crippen LogP contribution >= 0.6 is 11.6 Å². The maximum Gasteiger partial charge on any atom is 0.259 e. The van der Waals surface area contributed by atoms with Gasteiger partial charge in [0.1, 0.15) is 5.75 Å². The van der Waals surface area contributed by atoms with Crippen LogP contribution in [0.25, 0.3) is 0 Å². The molecule has 1 heterocycles. The summed E-state index contributed by atoms with van der Waals surface area (Å²) >= 11 is 6.07. The number of methoxy groups -OCH3 is 1. The summed E-state index contributed by atoms with van der Waals surface area (Å²) < 4.78 is 33.2. The fraction of sp³-hybridized carbons (Fsp3) is 0.278. The van der Waals surface area contributed by atoms with Crippen LogP contribution in [0, 0.1) is 0 Å². The van der Waals surface area contributed by atoms with E-state index in [1.54, 1.807) is 24.3 Å². The van der Waals surface area contributed by atoms with E-state index in [9.17, 15) is 13.2 Å². The van der Waals surface area contributed by atoms with Crippen molar-refractivity contribution in [1.29, 1.82) is 0 Å². The van der Waals surface area contributed by atoms with Crippen molar-refractivity contribution in [3.8, 4) is 5.75 Å². The van der Waals surface area contributed by atoms with E-state index in [1.807, 2.05) is 0 Å². The minimum absolute atomic E-state index is 0.000455. The number of benzene rings is 2. The highest BCUT2D eigenvalue weighted by Crippen LogP contribution is 2.26. The number of hydrogen-bond donors (Lipinski definition) is 3. The molecular weight excluding hydrogens is 390 g/mol. The van der Waals surface area contributed by atoms with Crippen molar-refractivity contribution in [2.45, 2.75) is 17.4 Å². The summed E-state index contributed by atoms with van der Waals surface area (Å²) in [4.78, 5) is 12.7. The van der Waals surface area contributed by atoms with Crippen molar-refractivity contribution in [3.63, 3.8) is 0 Å². The Balaban J connectivity index is 1.89. The lowest BCUT2D eigenvalue weighted by molar-refractivity contribution is 0.102. The number of carbonyl (C=O) groups excluding carboxylic acids is 1. The third-order valence-electron chi connectivity index (χ3n) is 4.23. The Bertz CT molecular complexity index is 943. The molecule has 1 amide bonds. The van der Waals surface area contributed by atoms with Gasteiger partial charge in [0.25, 0.3) is 5.91 Å². The van der Waals surface area contributed by atoms with Gasteiger partial charge in [-0.05, 0) is 43.3 Å². The van der Waals surface area contributed by atoms with E-state index in [4.69, 9.17) is 16.3 Å². The molecule has 1 unspecified atom stereocenters. The monoisotopic (exact) mass is 409 g/mol. The van der Waals surface area contributed by atoms with Gasteiger partial charge in [-0.1, -0.05) is 23.7 Å². The Hall–Kier alpha value is -2.13. The molecule has 1 aliphatic rings. The van der Waals surface area contributed by atoms with E-state index < -0.39 is 15.9 Å². The van der Waals surface area contributed by atoms with Crippen LogP contribution in [-0.2, 0) is 10.0 Å². The molecule has 3 rings (SSSR count). The first-order valence-electron chi connectivity index (χ1n) is 8.37. The van der Waals surface area contributed by atoms with Crippen molar-refractivity contribution < 1.29 is 17.9 Å². The van der Waals surface area contributed by atoms with Crippen LogP contribution in [0.2, 0.25) is 5.02 Å². The number of halogens is 1. The predicted molar refractivity (Wildman–Crippen MR) is 104 cm³/mol. The lowest BCUT2D eigenvalue weighted by atomic mass is 10.2. The molecule has 0 aromatic heterocycles. The minimum atomic E-state index is -3.76. The zero-order valence-electron chi connectivity index (χ0n) is 14.7. The van der Waals surface area contributed by atoms with E-state index >= 15 is 0 Å². The number of hydrogen-bond acceptors (Lipinski definition) is 5. The average Bonchev–Trinajstić information content (AvgIpc) is 3.15. The van der Waals surface area contributed by atoms with Crippen molar-refractivity contribution >= 4 is 33.2 Å². The second-order valence-electron chi connectivity index (χ2n) is 6.11. The normalized spacial score (nSPS) is 16.9. The molecule has 0 bridgehead atoms. The summed E-state index contributed by atoms with van der Waals surface area (Å²) in [6, 6.07) is 10.8. The first-order valence-corrected chi connectivity index (χ1v) is 10.2. The molecule has 1 atom stereocenters. The second-order valence-corrected chi connectivity index (χ2v) is 8.23. The molecule has 0 spiro atoms. The Morgan fingerprint density at radius 1 is 1.26 bits per heavy atom. The predicted octanol–water partition coefficient (Wildman–Crippen LogP) is 2.24. The molecular formula is C18H20ClN3O4S. The zero-order chi connectivity index (χ0) is 19.4. The molecule has 0 aliphatic carbocycles. The standard InChI is InChI=1S/C18H20ClN3O4S/c1-26-17-7-6-13(27(24,25)22-12-8-9-20-11-12)10-14(17)18(23)21-16-5-3-2-4-15(16)19/h2-7,10,12,20,22H,8-9,11H2,1H3,(H,21,23). The number of sulfonamides is 1. The summed E-state index contributed by atoms with van der Waals surface area (Å²) in [6.07, 6.45) is 0.717. The Morgan fingerprint density at radius 2 is 2.04 bits per heavy atom. The van der Waals surface area contributed by atoms with E-state index in [-0.39, 0.29) is 22.3 Å². The topological polar surface area (TPSA) is 96.5 Å². The van der Waals surface area contributed by atoms with Crippen LogP contribution in [0.4, 0.5) is 5.69 Å². The molecule has 144 valence electrons. The first kappa shape index (κ1) is 19.6. The zero-order valence-corrected chi connectivity index (χ0v) is 16.2.